The van der Waals surface area contributed by atoms with Gasteiger partial charge in [-0.15, -0.1) is 0 Å². The molecule has 0 spiro atoms. The average Bonchev–Trinajstić information content (AvgIpc) is 2.44. The molecule has 0 saturated heterocycles. The van der Waals surface area contributed by atoms with Gasteiger partial charge in [-0.25, -0.2) is 0 Å². The van der Waals surface area contributed by atoms with Gasteiger partial charge in [-0.1, -0.05) is 81.8 Å². The zero-order valence-corrected chi connectivity index (χ0v) is 12.6. The highest BCUT2D eigenvalue weighted by molar-refractivity contribution is 5.67. The van der Waals surface area contributed by atoms with Crippen LogP contribution < -0.4 is 0 Å². The first kappa shape index (κ1) is 16.4. The second kappa shape index (κ2) is 9.47. The summed E-state index contributed by atoms with van der Waals surface area (Å²) in [6.07, 6.45) is 0. The third-order valence-corrected chi connectivity index (χ3v) is 2.47. The Kier molecular flexibility index (Phi) is 8.65. The lowest BCUT2D eigenvalue weighted by molar-refractivity contribution is 1.43. The van der Waals surface area contributed by atoms with Gasteiger partial charge in [0.15, 0.2) is 0 Å². The van der Waals surface area contributed by atoms with Crippen molar-refractivity contribution in [3.63, 3.8) is 0 Å². The average molecular weight is 242 g/mol. The second-order valence-electron chi connectivity index (χ2n) is 3.68. The molecule has 0 aliphatic rings. The zero-order valence-electron chi connectivity index (χ0n) is 12.6. The summed E-state index contributed by atoms with van der Waals surface area (Å²) in [6.45, 7) is 12.3. The maximum atomic E-state index is 2.22. The molecule has 18 heavy (non-hydrogen) atoms. The normalized spacial score (nSPS) is 8.56. The zero-order chi connectivity index (χ0) is 14.0. The number of benzene rings is 2. The smallest absolute Gasteiger partial charge is 0.0155 e. The van der Waals surface area contributed by atoms with Gasteiger partial charge < -0.3 is 0 Å². The summed E-state index contributed by atoms with van der Waals surface area (Å²) in [6, 6.07) is 17.1. The van der Waals surface area contributed by atoms with E-state index in [0.717, 1.165) is 0 Å². The van der Waals surface area contributed by atoms with E-state index in [1.165, 1.54) is 22.3 Å². The van der Waals surface area contributed by atoms with Gasteiger partial charge in [-0.05, 0) is 30.5 Å². The molecule has 0 aliphatic carbocycles. The van der Waals surface area contributed by atoms with E-state index in [0.29, 0.717) is 0 Å². The van der Waals surface area contributed by atoms with Crippen LogP contribution in [0.5, 0.6) is 0 Å². The second-order valence-corrected chi connectivity index (χ2v) is 3.68. The molecule has 0 atom stereocenters. The molecule has 0 radical (unpaired) electrons. The molecule has 0 nitrogen and oxygen atoms in total. The van der Waals surface area contributed by atoms with Crippen molar-refractivity contribution in [2.45, 2.75) is 41.5 Å². The minimum atomic E-state index is 1.31. The van der Waals surface area contributed by atoms with Gasteiger partial charge in [0.2, 0.25) is 0 Å². The van der Waals surface area contributed by atoms with Crippen molar-refractivity contribution >= 4 is 0 Å². The molecular weight excluding hydrogens is 216 g/mol. The lowest BCUT2D eigenvalue weighted by Gasteiger charge is -2.05. The Bertz CT molecular complexity index is 441. The van der Waals surface area contributed by atoms with E-state index in [-0.39, 0.29) is 0 Å². The van der Waals surface area contributed by atoms with Crippen molar-refractivity contribution < 1.29 is 0 Å². The van der Waals surface area contributed by atoms with Crippen LogP contribution in [0.25, 0.3) is 11.1 Å². The number of aryl methyl sites for hydroxylation is 2. The van der Waals surface area contributed by atoms with Crippen LogP contribution in [0.2, 0.25) is 0 Å². The first-order valence-corrected chi connectivity index (χ1v) is 6.90. The Hall–Kier alpha value is -1.56. The molecule has 2 aromatic carbocycles. The molecule has 2 rings (SSSR count). The van der Waals surface area contributed by atoms with Crippen LogP contribution in [-0.4, -0.2) is 0 Å². The highest BCUT2D eigenvalue weighted by Gasteiger charge is 1.99. The molecule has 0 unspecified atom stereocenters. The predicted octanol–water partition coefficient (Wildman–Crippen LogP) is 6.02. The molecule has 2 aromatic rings. The molecule has 0 heteroatoms. The van der Waals surface area contributed by atoms with Crippen LogP contribution in [0.15, 0.2) is 48.5 Å². The molecule has 0 amide bonds. The van der Waals surface area contributed by atoms with Crippen molar-refractivity contribution in [2.75, 3.05) is 0 Å². The van der Waals surface area contributed by atoms with Crippen molar-refractivity contribution in [1.29, 1.82) is 0 Å². The molecule has 0 N–H and O–H groups in total. The van der Waals surface area contributed by atoms with Crippen molar-refractivity contribution in [2.24, 2.45) is 0 Å². The summed E-state index contributed by atoms with van der Waals surface area (Å²) >= 11 is 0. The van der Waals surface area contributed by atoms with Gasteiger partial charge in [0.25, 0.3) is 0 Å². The summed E-state index contributed by atoms with van der Waals surface area (Å²) in [4.78, 5) is 0. The summed E-state index contributed by atoms with van der Waals surface area (Å²) in [5.74, 6) is 0. The fraction of sp³-hybridized carbons (Fsp3) is 0.333. The molecule has 98 valence electrons. The van der Waals surface area contributed by atoms with E-state index >= 15 is 0 Å². The van der Waals surface area contributed by atoms with Gasteiger partial charge in [0.05, 0.1) is 0 Å². The standard InChI is InChI=1S/C14H14.2C2H6/c1-11-6-5-8-13(10-11)14-9-4-3-7-12(14)2;2*1-2/h3-10H,1-2H3;2*1-2H3. The lowest BCUT2D eigenvalue weighted by Crippen LogP contribution is -1.82. The Labute approximate surface area is 113 Å². The molecule has 0 heterocycles. The third kappa shape index (κ3) is 4.75. The topological polar surface area (TPSA) is 0 Å². The fourth-order valence-corrected chi connectivity index (χ4v) is 1.71. The van der Waals surface area contributed by atoms with Crippen LogP contribution in [-0.2, 0) is 0 Å². The van der Waals surface area contributed by atoms with Crippen LogP contribution in [0, 0.1) is 13.8 Å². The minimum absolute atomic E-state index is 1.31. The van der Waals surface area contributed by atoms with Gasteiger partial charge in [0, 0.05) is 0 Å². The largest absolute Gasteiger partial charge is 0.0683 e. The highest BCUT2D eigenvalue weighted by atomic mass is 14.0. The Morgan fingerprint density at radius 2 is 1.28 bits per heavy atom. The molecule has 0 aromatic heterocycles. The van der Waals surface area contributed by atoms with Crippen LogP contribution in [0.3, 0.4) is 0 Å². The van der Waals surface area contributed by atoms with E-state index < -0.39 is 0 Å². The third-order valence-electron chi connectivity index (χ3n) is 2.47. The number of rotatable bonds is 1. The fourth-order valence-electron chi connectivity index (χ4n) is 1.71. The maximum absolute atomic E-state index is 2.22. The van der Waals surface area contributed by atoms with Gasteiger partial charge in [0.1, 0.15) is 0 Å². The van der Waals surface area contributed by atoms with E-state index in [1.54, 1.807) is 0 Å². The SMILES string of the molecule is CC.CC.Cc1cccc(-c2ccccc2C)c1. The number of hydrogen-bond donors (Lipinski definition) is 0. The Morgan fingerprint density at radius 1 is 0.667 bits per heavy atom. The predicted molar refractivity (Wildman–Crippen MR) is 84.0 cm³/mol. The Morgan fingerprint density at radius 3 is 1.83 bits per heavy atom. The lowest BCUT2D eigenvalue weighted by atomic mass is 9.99. The summed E-state index contributed by atoms with van der Waals surface area (Å²) in [7, 11) is 0. The van der Waals surface area contributed by atoms with E-state index in [1.807, 2.05) is 27.7 Å². The summed E-state index contributed by atoms with van der Waals surface area (Å²) in [5.41, 5.74) is 5.28. The molecule has 0 aliphatic heterocycles. The highest BCUT2D eigenvalue weighted by Crippen LogP contribution is 2.23. The molecule has 0 bridgehead atoms. The first-order valence-electron chi connectivity index (χ1n) is 6.90. The van der Waals surface area contributed by atoms with E-state index in [9.17, 15) is 0 Å². The van der Waals surface area contributed by atoms with Crippen LogP contribution in [0.1, 0.15) is 38.8 Å². The quantitative estimate of drug-likeness (QED) is 0.573. The van der Waals surface area contributed by atoms with Crippen LogP contribution in [0.4, 0.5) is 0 Å². The first-order chi connectivity index (χ1) is 8.77. The maximum Gasteiger partial charge on any atom is -0.0155 e. The van der Waals surface area contributed by atoms with Crippen LogP contribution >= 0.6 is 0 Å². The Balaban J connectivity index is 0.000000659. The monoisotopic (exact) mass is 242 g/mol. The molecule has 0 saturated carbocycles. The van der Waals surface area contributed by atoms with Crippen molar-refractivity contribution in [3.8, 4) is 11.1 Å². The summed E-state index contributed by atoms with van der Waals surface area (Å²) < 4.78 is 0. The van der Waals surface area contributed by atoms with Gasteiger partial charge in [-0.3, -0.25) is 0 Å². The van der Waals surface area contributed by atoms with Crippen molar-refractivity contribution in [1.82, 2.24) is 0 Å². The van der Waals surface area contributed by atoms with Gasteiger partial charge >= 0.3 is 0 Å². The van der Waals surface area contributed by atoms with E-state index in [2.05, 4.69) is 62.4 Å². The van der Waals surface area contributed by atoms with E-state index in [4.69, 9.17) is 0 Å². The molecule has 0 fully saturated rings. The summed E-state index contributed by atoms with van der Waals surface area (Å²) in [5, 5.41) is 0. The minimum Gasteiger partial charge on any atom is -0.0683 e. The number of hydrogen-bond acceptors (Lipinski definition) is 0. The van der Waals surface area contributed by atoms with Crippen molar-refractivity contribution in [3.05, 3.63) is 59.7 Å². The van der Waals surface area contributed by atoms with Gasteiger partial charge in [-0.2, -0.15) is 0 Å². The molecular formula is C18H26.